The second kappa shape index (κ2) is 16.9. The Hall–Kier alpha value is -6.52. The summed E-state index contributed by atoms with van der Waals surface area (Å²) in [5.41, 5.74) is 10.8. The van der Waals surface area contributed by atoms with Crippen LogP contribution in [0.25, 0.3) is 0 Å². The molecule has 0 saturated heterocycles. The lowest BCUT2D eigenvalue weighted by Crippen LogP contribution is -2.29. The van der Waals surface area contributed by atoms with Crippen LogP contribution in [0.15, 0.2) is 158 Å². The van der Waals surface area contributed by atoms with Crippen LogP contribution in [0.1, 0.15) is 33.4 Å². The lowest BCUT2D eigenvalue weighted by molar-refractivity contribution is 0.125. The molecule has 6 aromatic rings. The number of benzene rings is 6. The van der Waals surface area contributed by atoms with Crippen LogP contribution in [0.5, 0.6) is 0 Å². The Labute approximate surface area is 330 Å². The van der Waals surface area contributed by atoms with Gasteiger partial charge in [-0.1, -0.05) is 36.4 Å². The van der Waals surface area contributed by atoms with E-state index < -0.39 is 5.60 Å². The van der Waals surface area contributed by atoms with Crippen LogP contribution in [0.3, 0.4) is 0 Å². The Morgan fingerprint density at radius 3 is 0.821 bits per heavy atom. The molecule has 0 aliphatic carbocycles. The highest BCUT2D eigenvalue weighted by Crippen LogP contribution is 2.42. The quantitative estimate of drug-likeness (QED) is 0.0995. The van der Waals surface area contributed by atoms with Gasteiger partial charge in [0.15, 0.2) is 0 Å². The maximum absolute atomic E-state index is 13.0. The molecule has 0 atom stereocenters. The fraction of sp³-hybridized carbons (Fsp3) is 0.217. The normalized spacial score (nSPS) is 12.8. The van der Waals surface area contributed by atoms with E-state index in [9.17, 15) is 5.11 Å². The van der Waals surface area contributed by atoms with Gasteiger partial charge in [-0.3, -0.25) is 0 Å². The van der Waals surface area contributed by atoms with Crippen molar-refractivity contribution in [2.75, 3.05) is 57.0 Å². The van der Waals surface area contributed by atoms with E-state index in [-0.39, 0.29) is 0 Å². The average Bonchev–Trinajstić information content (AvgIpc) is 3.19. The van der Waals surface area contributed by atoms with E-state index in [1.54, 1.807) is 0 Å². The second-order valence-electron chi connectivity index (χ2n) is 14.5. The first-order valence-corrected chi connectivity index (χ1v) is 18.4. The van der Waals surface area contributed by atoms with Gasteiger partial charge in [0.25, 0.3) is 0 Å². The molecule has 0 aliphatic rings. The summed E-state index contributed by atoms with van der Waals surface area (Å²) in [5.74, 6) is 0. The highest BCUT2D eigenvalue weighted by molar-refractivity contribution is 5.60. The lowest BCUT2D eigenvalue weighted by Gasteiger charge is -2.31. The van der Waals surface area contributed by atoms with Crippen LogP contribution < -0.4 is 14.7 Å². The third-order valence-corrected chi connectivity index (χ3v) is 9.76. The predicted molar refractivity (Wildman–Crippen MR) is 230 cm³/mol. The fourth-order valence-electron chi connectivity index (χ4n) is 6.27. The molecule has 6 aromatic carbocycles. The Morgan fingerprint density at radius 2 is 0.607 bits per heavy atom. The lowest BCUT2D eigenvalue weighted by atomic mass is 9.78. The topological polar surface area (TPSA) is 104 Å². The Kier molecular flexibility index (Phi) is 11.8. The SMILES string of the molecule is Cc1cc(C(O)(c2ccc(N=Nc3ccc(N(C)C)cc3)c(C)c2)c2ccc(N=Nc3ccc(N(C)C)cc3)c(C)c2)ccc1N=Nc1ccc(N(C)C)cc1. The van der Waals surface area contributed by atoms with Gasteiger partial charge < -0.3 is 19.8 Å². The molecular weight excluding hydrogens is 695 g/mol. The summed E-state index contributed by atoms with van der Waals surface area (Å²) in [7, 11) is 12.0. The monoisotopic (exact) mass is 743 g/mol. The summed E-state index contributed by atoms with van der Waals surface area (Å²) in [4.78, 5) is 6.13. The molecule has 0 amide bonds. The third-order valence-electron chi connectivity index (χ3n) is 9.76. The van der Waals surface area contributed by atoms with Crippen molar-refractivity contribution in [2.45, 2.75) is 26.4 Å². The second-order valence-corrected chi connectivity index (χ2v) is 14.5. The van der Waals surface area contributed by atoms with E-state index in [1.807, 2.05) is 205 Å². The van der Waals surface area contributed by atoms with Gasteiger partial charge in [0.1, 0.15) is 5.60 Å². The van der Waals surface area contributed by atoms with E-state index in [0.717, 1.165) is 50.8 Å². The molecule has 0 saturated carbocycles. The van der Waals surface area contributed by atoms with Crippen molar-refractivity contribution in [3.8, 4) is 0 Å². The first-order valence-electron chi connectivity index (χ1n) is 18.4. The fourth-order valence-corrected chi connectivity index (χ4v) is 6.27. The van der Waals surface area contributed by atoms with Crippen LogP contribution in [0.4, 0.5) is 51.2 Å². The van der Waals surface area contributed by atoms with Gasteiger partial charge in [0, 0.05) is 59.3 Å². The van der Waals surface area contributed by atoms with Crippen molar-refractivity contribution in [1.82, 2.24) is 0 Å². The summed E-state index contributed by atoms with van der Waals surface area (Å²) in [6.07, 6.45) is 0. The molecule has 0 aliphatic heterocycles. The number of anilines is 3. The van der Waals surface area contributed by atoms with Gasteiger partial charge in [0.05, 0.1) is 34.1 Å². The van der Waals surface area contributed by atoms with Crippen LogP contribution in [-0.2, 0) is 5.60 Å². The summed E-state index contributed by atoms with van der Waals surface area (Å²) >= 11 is 0. The zero-order valence-electron chi connectivity index (χ0n) is 33.6. The Balaban J connectivity index is 1.36. The first-order chi connectivity index (χ1) is 26.8. The standard InChI is InChI=1S/C46H49N9O/c1-31-28-34(10-25-43(31)50-47-37-13-19-40(20-14-37)53(4)5)46(56,35-11-26-44(32(2)29-35)51-48-38-15-21-41(22-16-38)54(6)7)36-12-27-45(33(3)30-36)52-49-39-17-23-42(24-18-39)55(8)9/h10-30,56H,1-9H3. The molecule has 6 rings (SSSR count). The molecule has 56 heavy (non-hydrogen) atoms. The van der Waals surface area contributed by atoms with E-state index in [4.69, 9.17) is 0 Å². The van der Waals surface area contributed by atoms with Gasteiger partial charge in [0.2, 0.25) is 0 Å². The van der Waals surface area contributed by atoms with E-state index in [1.165, 1.54) is 0 Å². The summed E-state index contributed by atoms with van der Waals surface area (Å²) in [6, 6.07) is 41.1. The molecule has 0 fully saturated rings. The molecule has 0 radical (unpaired) electrons. The first kappa shape index (κ1) is 39.2. The van der Waals surface area contributed by atoms with Gasteiger partial charge in [-0.25, -0.2) is 0 Å². The molecule has 284 valence electrons. The number of rotatable bonds is 12. The number of hydrogen-bond acceptors (Lipinski definition) is 10. The van der Waals surface area contributed by atoms with Crippen LogP contribution in [0.2, 0.25) is 0 Å². The number of hydrogen-bond donors (Lipinski definition) is 1. The smallest absolute Gasteiger partial charge is 0.140 e. The highest BCUT2D eigenvalue weighted by atomic mass is 16.3. The molecule has 10 nitrogen and oxygen atoms in total. The molecule has 0 aromatic heterocycles. The third kappa shape index (κ3) is 8.88. The molecule has 10 heteroatoms. The number of aryl methyl sites for hydroxylation is 3. The zero-order valence-corrected chi connectivity index (χ0v) is 33.6. The molecule has 0 spiro atoms. The minimum atomic E-state index is -1.53. The molecule has 0 bridgehead atoms. The maximum atomic E-state index is 13.0. The molecular formula is C46H49N9O. The van der Waals surface area contributed by atoms with Gasteiger partial charge >= 0.3 is 0 Å². The van der Waals surface area contributed by atoms with Crippen LogP contribution in [0, 0.1) is 20.8 Å². The predicted octanol–water partition coefficient (Wildman–Crippen LogP) is 12.3. The molecule has 0 heterocycles. The minimum absolute atomic E-state index is 0.689. The van der Waals surface area contributed by atoms with Gasteiger partial charge in [-0.2, -0.15) is 30.7 Å². The van der Waals surface area contributed by atoms with Crippen molar-refractivity contribution in [1.29, 1.82) is 0 Å². The average molecular weight is 744 g/mol. The summed E-state index contributed by atoms with van der Waals surface area (Å²) in [6.45, 7) is 5.94. The highest BCUT2D eigenvalue weighted by Gasteiger charge is 2.35. The van der Waals surface area contributed by atoms with Crippen molar-refractivity contribution in [3.05, 3.63) is 161 Å². The number of nitrogens with zero attached hydrogens (tertiary/aromatic N) is 9. The Morgan fingerprint density at radius 1 is 0.357 bits per heavy atom. The van der Waals surface area contributed by atoms with Gasteiger partial charge in [-0.05, 0) is 145 Å². The van der Waals surface area contributed by atoms with Crippen molar-refractivity contribution >= 4 is 51.2 Å². The maximum Gasteiger partial charge on any atom is 0.140 e. The van der Waals surface area contributed by atoms with Crippen LogP contribution in [-0.4, -0.2) is 47.4 Å². The molecule has 1 N–H and O–H groups in total. The van der Waals surface area contributed by atoms with Crippen LogP contribution >= 0.6 is 0 Å². The van der Waals surface area contributed by atoms with Crippen molar-refractivity contribution in [3.63, 3.8) is 0 Å². The van der Waals surface area contributed by atoms with Gasteiger partial charge in [-0.15, -0.1) is 0 Å². The summed E-state index contributed by atoms with van der Waals surface area (Å²) < 4.78 is 0. The minimum Gasteiger partial charge on any atom is -0.378 e. The Bertz CT molecular complexity index is 2110. The van der Waals surface area contributed by atoms with Crippen molar-refractivity contribution in [2.24, 2.45) is 30.7 Å². The number of azo groups is 3. The van der Waals surface area contributed by atoms with E-state index in [2.05, 4.69) is 30.7 Å². The number of aliphatic hydroxyl groups is 1. The largest absolute Gasteiger partial charge is 0.378 e. The zero-order chi connectivity index (χ0) is 40.0. The summed E-state index contributed by atoms with van der Waals surface area (Å²) in [5, 5.41) is 40.2. The van der Waals surface area contributed by atoms with E-state index >= 15 is 0 Å². The van der Waals surface area contributed by atoms with E-state index in [0.29, 0.717) is 33.8 Å². The van der Waals surface area contributed by atoms with Crippen molar-refractivity contribution < 1.29 is 5.11 Å². The molecule has 0 unspecified atom stereocenters.